The summed E-state index contributed by atoms with van der Waals surface area (Å²) >= 11 is 0. The van der Waals surface area contributed by atoms with E-state index < -0.39 is 0 Å². The minimum absolute atomic E-state index is 0.539. The van der Waals surface area contributed by atoms with Gasteiger partial charge in [-0.15, -0.1) is 0 Å². The maximum Gasteiger partial charge on any atom is 0.0534 e. The van der Waals surface area contributed by atoms with Gasteiger partial charge in [0.15, 0.2) is 0 Å². The fourth-order valence-corrected chi connectivity index (χ4v) is 1.81. The molecule has 0 amide bonds. The van der Waals surface area contributed by atoms with Crippen molar-refractivity contribution in [1.29, 1.82) is 0 Å². The summed E-state index contributed by atoms with van der Waals surface area (Å²) in [5.41, 5.74) is 1.27. The molecular formula is C11H22N4. The van der Waals surface area contributed by atoms with Gasteiger partial charge >= 0.3 is 0 Å². The first-order valence-electron chi connectivity index (χ1n) is 5.51. The van der Waals surface area contributed by atoms with Crippen molar-refractivity contribution in [3.8, 4) is 0 Å². The molecule has 1 N–H and O–H groups in total. The highest BCUT2D eigenvalue weighted by molar-refractivity contribution is 5.02. The van der Waals surface area contributed by atoms with Crippen molar-refractivity contribution in [2.45, 2.75) is 26.4 Å². The lowest BCUT2D eigenvalue weighted by molar-refractivity contribution is 0.291. The maximum absolute atomic E-state index is 4.16. The lowest BCUT2D eigenvalue weighted by Gasteiger charge is -2.21. The molecule has 0 aliphatic rings. The standard InChI is InChI=1S/C11H22N4/c1-5-12-10(2)7-14(3)8-11-6-13-15(4)9-11/h6,9-10,12H,5,7-8H2,1-4H3. The molecule has 0 spiro atoms. The zero-order valence-corrected chi connectivity index (χ0v) is 10.2. The molecule has 4 nitrogen and oxygen atoms in total. The van der Waals surface area contributed by atoms with Gasteiger partial charge < -0.3 is 10.2 Å². The fourth-order valence-electron chi connectivity index (χ4n) is 1.81. The molecule has 4 heteroatoms. The molecule has 1 unspecified atom stereocenters. The van der Waals surface area contributed by atoms with Gasteiger partial charge in [0.2, 0.25) is 0 Å². The van der Waals surface area contributed by atoms with Crippen LogP contribution < -0.4 is 5.32 Å². The summed E-state index contributed by atoms with van der Waals surface area (Å²) in [6.07, 6.45) is 3.99. The van der Waals surface area contributed by atoms with E-state index in [0.29, 0.717) is 6.04 Å². The molecule has 1 heterocycles. The number of aryl methyl sites for hydroxylation is 1. The molecule has 0 aromatic carbocycles. The lowest BCUT2D eigenvalue weighted by atomic mass is 10.3. The second-order valence-corrected chi connectivity index (χ2v) is 4.18. The Labute approximate surface area is 92.3 Å². The third kappa shape index (κ3) is 4.44. The topological polar surface area (TPSA) is 33.1 Å². The van der Waals surface area contributed by atoms with Crippen LogP contribution in [-0.4, -0.2) is 40.9 Å². The van der Waals surface area contributed by atoms with Crippen LogP contribution in [0.3, 0.4) is 0 Å². The average molecular weight is 210 g/mol. The summed E-state index contributed by atoms with van der Waals surface area (Å²) < 4.78 is 1.84. The fraction of sp³-hybridized carbons (Fsp3) is 0.727. The lowest BCUT2D eigenvalue weighted by Crippen LogP contribution is -2.36. The first kappa shape index (κ1) is 12.2. The van der Waals surface area contributed by atoms with E-state index in [2.05, 4.69) is 42.4 Å². The molecule has 15 heavy (non-hydrogen) atoms. The van der Waals surface area contributed by atoms with Crippen molar-refractivity contribution in [2.24, 2.45) is 7.05 Å². The average Bonchev–Trinajstić information content (AvgIpc) is 2.51. The Hall–Kier alpha value is -0.870. The first-order chi connectivity index (χ1) is 7.11. The van der Waals surface area contributed by atoms with E-state index in [1.165, 1.54) is 5.56 Å². The highest BCUT2D eigenvalue weighted by Gasteiger charge is 2.06. The molecule has 0 radical (unpaired) electrons. The van der Waals surface area contributed by atoms with Crippen molar-refractivity contribution in [2.75, 3.05) is 20.1 Å². The largest absolute Gasteiger partial charge is 0.313 e. The Bertz CT molecular complexity index is 282. The van der Waals surface area contributed by atoms with Gasteiger partial charge in [0.1, 0.15) is 0 Å². The zero-order chi connectivity index (χ0) is 11.3. The van der Waals surface area contributed by atoms with Crippen molar-refractivity contribution in [3.63, 3.8) is 0 Å². The van der Waals surface area contributed by atoms with Gasteiger partial charge in [0.05, 0.1) is 6.20 Å². The SMILES string of the molecule is CCNC(C)CN(C)Cc1cnn(C)c1. The van der Waals surface area contributed by atoms with Gasteiger partial charge in [0.25, 0.3) is 0 Å². The van der Waals surface area contributed by atoms with E-state index in [-0.39, 0.29) is 0 Å². The molecule has 1 rings (SSSR count). The Balaban J connectivity index is 2.32. The number of nitrogens with zero attached hydrogens (tertiary/aromatic N) is 3. The Morgan fingerprint density at radius 1 is 1.60 bits per heavy atom. The van der Waals surface area contributed by atoms with E-state index in [4.69, 9.17) is 0 Å². The molecule has 0 saturated carbocycles. The Kier molecular flexibility index (Phi) is 4.78. The summed E-state index contributed by atoms with van der Waals surface area (Å²) in [4.78, 5) is 2.31. The van der Waals surface area contributed by atoms with Crippen molar-refractivity contribution in [1.82, 2.24) is 20.0 Å². The van der Waals surface area contributed by atoms with Crippen LogP contribution in [0, 0.1) is 0 Å². The van der Waals surface area contributed by atoms with Gasteiger partial charge in [-0.2, -0.15) is 5.10 Å². The molecule has 1 aromatic rings. The number of hydrogen-bond donors (Lipinski definition) is 1. The minimum Gasteiger partial charge on any atom is -0.313 e. The van der Waals surface area contributed by atoms with Crippen LogP contribution in [0.15, 0.2) is 12.4 Å². The second-order valence-electron chi connectivity index (χ2n) is 4.18. The summed E-state index contributed by atoms with van der Waals surface area (Å²) in [6, 6.07) is 0.539. The van der Waals surface area contributed by atoms with Gasteiger partial charge in [-0.3, -0.25) is 4.68 Å². The molecule has 1 atom stereocenters. The van der Waals surface area contributed by atoms with E-state index in [1.54, 1.807) is 0 Å². The molecule has 0 bridgehead atoms. The third-order valence-corrected chi connectivity index (χ3v) is 2.35. The monoisotopic (exact) mass is 210 g/mol. The maximum atomic E-state index is 4.16. The van der Waals surface area contributed by atoms with E-state index >= 15 is 0 Å². The van der Waals surface area contributed by atoms with Gasteiger partial charge in [-0.25, -0.2) is 0 Å². The van der Waals surface area contributed by atoms with Crippen LogP contribution >= 0.6 is 0 Å². The van der Waals surface area contributed by atoms with Gasteiger partial charge in [-0.05, 0) is 20.5 Å². The molecule has 0 saturated heterocycles. The van der Waals surface area contributed by atoms with Crippen LogP contribution in [0.25, 0.3) is 0 Å². The normalized spacial score (nSPS) is 13.4. The van der Waals surface area contributed by atoms with Gasteiger partial charge in [-0.1, -0.05) is 6.92 Å². The highest BCUT2D eigenvalue weighted by atomic mass is 15.2. The van der Waals surface area contributed by atoms with Crippen molar-refractivity contribution < 1.29 is 0 Å². The Morgan fingerprint density at radius 2 is 2.33 bits per heavy atom. The summed E-state index contributed by atoms with van der Waals surface area (Å²) in [5, 5.41) is 7.56. The second kappa shape index (κ2) is 5.88. The van der Waals surface area contributed by atoms with Gasteiger partial charge in [0, 0.05) is 37.9 Å². The van der Waals surface area contributed by atoms with Crippen LogP contribution in [-0.2, 0) is 13.6 Å². The smallest absolute Gasteiger partial charge is 0.0534 e. The van der Waals surface area contributed by atoms with Crippen LogP contribution in [0.2, 0.25) is 0 Å². The number of aromatic nitrogens is 2. The highest BCUT2D eigenvalue weighted by Crippen LogP contribution is 2.01. The number of hydrogen-bond acceptors (Lipinski definition) is 3. The minimum atomic E-state index is 0.539. The summed E-state index contributed by atoms with van der Waals surface area (Å²) in [7, 11) is 4.09. The predicted octanol–water partition coefficient (Wildman–Crippen LogP) is 0.850. The molecule has 1 aromatic heterocycles. The number of likely N-dealkylation sites (N-methyl/N-ethyl adjacent to an activating group) is 2. The van der Waals surface area contributed by atoms with Crippen LogP contribution in [0.4, 0.5) is 0 Å². The zero-order valence-electron chi connectivity index (χ0n) is 10.2. The van der Waals surface area contributed by atoms with E-state index in [0.717, 1.165) is 19.6 Å². The number of rotatable bonds is 6. The summed E-state index contributed by atoms with van der Waals surface area (Å²) in [5.74, 6) is 0. The van der Waals surface area contributed by atoms with E-state index in [1.807, 2.05) is 17.9 Å². The quantitative estimate of drug-likeness (QED) is 0.755. The summed E-state index contributed by atoms with van der Waals surface area (Å²) in [6.45, 7) is 7.40. The van der Waals surface area contributed by atoms with Crippen molar-refractivity contribution >= 4 is 0 Å². The molecule has 0 aliphatic carbocycles. The van der Waals surface area contributed by atoms with Crippen molar-refractivity contribution in [3.05, 3.63) is 18.0 Å². The van der Waals surface area contributed by atoms with Crippen LogP contribution in [0.5, 0.6) is 0 Å². The Morgan fingerprint density at radius 3 is 2.87 bits per heavy atom. The molecule has 0 aliphatic heterocycles. The predicted molar refractivity (Wildman–Crippen MR) is 62.7 cm³/mol. The number of nitrogens with one attached hydrogen (secondary N) is 1. The molecule has 86 valence electrons. The third-order valence-electron chi connectivity index (χ3n) is 2.35. The van der Waals surface area contributed by atoms with Crippen LogP contribution in [0.1, 0.15) is 19.4 Å². The molecular weight excluding hydrogens is 188 g/mol. The van der Waals surface area contributed by atoms with E-state index in [9.17, 15) is 0 Å². The molecule has 0 fully saturated rings. The first-order valence-corrected chi connectivity index (χ1v) is 5.51.